The van der Waals surface area contributed by atoms with Crippen LogP contribution in [0, 0.1) is 11.8 Å². The standard InChI is InChI=1S/C32H27N7O2/c1-5-22-18-35-30(33)28(29(22)34-3)31(40)37-20(2)26-16-24-11-9-10-23(15-14-21-17-36-38(4)19-21)27(24)32(41)39(26)25-12-7-6-8-13-25/h5-13,16-20H,1,3H2,2,4H3,(H2,33,35)(H,37,40). The largest absolute Gasteiger partial charge is 0.383 e. The molecule has 5 aromatic rings. The summed E-state index contributed by atoms with van der Waals surface area (Å²) >= 11 is 0. The van der Waals surface area contributed by atoms with Crippen molar-refractivity contribution in [1.29, 1.82) is 0 Å². The normalized spacial score (nSPS) is 11.4. The highest BCUT2D eigenvalue weighted by Gasteiger charge is 2.23. The second-order valence-corrected chi connectivity index (χ2v) is 9.35. The third-order valence-corrected chi connectivity index (χ3v) is 6.64. The summed E-state index contributed by atoms with van der Waals surface area (Å²) in [6.07, 6.45) is 6.49. The molecule has 0 radical (unpaired) electrons. The lowest BCUT2D eigenvalue weighted by Gasteiger charge is -2.22. The monoisotopic (exact) mass is 541 g/mol. The molecule has 1 amide bonds. The van der Waals surface area contributed by atoms with Gasteiger partial charge in [0, 0.05) is 41.9 Å². The molecule has 2 aromatic carbocycles. The van der Waals surface area contributed by atoms with Gasteiger partial charge >= 0.3 is 0 Å². The number of carbonyl (C=O) groups is 1. The number of nitrogens with zero attached hydrogens (tertiary/aromatic N) is 5. The highest BCUT2D eigenvalue weighted by Crippen LogP contribution is 2.29. The number of pyridine rings is 2. The summed E-state index contributed by atoms with van der Waals surface area (Å²) in [6.45, 7) is 9.13. The number of aromatic nitrogens is 4. The Balaban J connectivity index is 1.65. The summed E-state index contributed by atoms with van der Waals surface area (Å²) in [4.78, 5) is 35.8. The number of hydrogen-bond donors (Lipinski definition) is 2. The number of nitrogens with one attached hydrogen (secondary N) is 1. The van der Waals surface area contributed by atoms with E-state index in [1.165, 1.54) is 12.3 Å². The maximum atomic E-state index is 14.2. The van der Waals surface area contributed by atoms with Crippen molar-refractivity contribution in [2.24, 2.45) is 12.0 Å². The molecular formula is C32H27N7O2. The fraction of sp³-hybridized carbons (Fsp3) is 0.0938. The van der Waals surface area contributed by atoms with E-state index in [1.807, 2.05) is 67.8 Å². The van der Waals surface area contributed by atoms with Crippen LogP contribution < -0.4 is 16.6 Å². The SMILES string of the molecule is C=Cc1cnc(N)c(C(=O)NC(C)c2cc3cccc(C#Cc4cnn(C)c4)c3c(=O)n2-c2ccccc2)c1N=C. The minimum absolute atomic E-state index is 0.0125. The third-order valence-electron chi connectivity index (χ3n) is 6.64. The van der Waals surface area contributed by atoms with E-state index in [0.29, 0.717) is 33.3 Å². The van der Waals surface area contributed by atoms with Gasteiger partial charge in [0.15, 0.2) is 0 Å². The van der Waals surface area contributed by atoms with Crippen LogP contribution in [-0.2, 0) is 7.05 Å². The molecule has 41 heavy (non-hydrogen) atoms. The highest BCUT2D eigenvalue weighted by atomic mass is 16.2. The van der Waals surface area contributed by atoms with Crippen LogP contribution in [0.25, 0.3) is 22.5 Å². The number of aryl methyl sites for hydroxylation is 1. The molecule has 3 N–H and O–H groups in total. The summed E-state index contributed by atoms with van der Waals surface area (Å²) in [7, 11) is 1.82. The van der Waals surface area contributed by atoms with Crippen molar-refractivity contribution in [3.8, 4) is 17.5 Å². The Morgan fingerprint density at radius 2 is 1.93 bits per heavy atom. The first-order valence-electron chi connectivity index (χ1n) is 12.8. The minimum Gasteiger partial charge on any atom is -0.383 e. The van der Waals surface area contributed by atoms with Gasteiger partial charge in [-0.05, 0) is 43.3 Å². The first-order chi connectivity index (χ1) is 19.8. The van der Waals surface area contributed by atoms with E-state index in [4.69, 9.17) is 5.73 Å². The Bertz CT molecular complexity index is 1940. The van der Waals surface area contributed by atoms with Crippen molar-refractivity contribution >= 4 is 41.0 Å². The predicted molar refractivity (Wildman–Crippen MR) is 163 cm³/mol. The molecule has 0 fully saturated rings. The molecule has 0 spiro atoms. The minimum atomic E-state index is -0.616. The zero-order chi connectivity index (χ0) is 29.1. The van der Waals surface area contributed by atoms with Crippen molar-refractivity contribution in [1.82, 2.24) is 24.6 Å². The van der Waals surface area contributed by atoms with Crippen molar-refractivity contribution in [3.05, 3.63) is 118 Å². The van der Waals surface area contributed by atoms with Gasteiger partial charge in [0.2, 0.25) is 0 Å². The van der Waals surface area contributed by atoms with Crippen molar-refractivity contribution in [2.75, 3.05) is 5.73 Å². The first kappa shape index (κ1) is 26.8. The number of nitrogens with two attached hydrogens (primary N) is 1. The van der Waals surface area contributed by atoms with Crippen LogP contribution in [0.2, 0.25) is 0 Å². The van der Waals surface area contributed by atoms with Crippen molar-refractivity contribution in [2.45, 2.75) is 13.0 Å². The second kappa shape index (κ2) is 11.2. The predicted octanol–water partition coefficient (Wildman–Crippen LogP) is 4.57. The van der Waals surface area contributed by atoms with Crippen LogP contribution in [0.15, 0.2) is 89.6 Å². The van der Waals surface area contributed by atoms with Gasteiger partial charge in [-0.2, -0.15) is 5.10 Å². The van der Waals surface area contributed by atoms with Gasteiger partial charge in [-0.1, -0.05) is 54.8 Å². The molecule has 1 unspecified atom stereocenters. The molecule has 1 atom stereocenters. The quantitative estimate of drug-likeness (QED) is 0.241. The van der Waals surface area contributed by atoms with Crippen LogP contribution in [-0.4, -0.2) is 32.0 Å². The topological polar surface area (TPSA) is 120 Å². The molecule has 0 saturated heterocycles. The fourth-order valence-corrected chi connectivity index (χ4v) is 4.69. The van der Waals surface area contributed by atoms with Crippen molar-refractivity contribution < 1.29 is 4.79 Å². The van der Waals surface area contributed by atoms with Gasteiger partial charge in [-0.15, -0.1) is 0 Å². The number of rotatable bonds is 6. The summed E-state index contributed by atoms with van der Waals surface area (Å²) in [5.74, 6) is 5.74. The molecular weight excluding hydrogens is 514 g/mol. The number of hydrogen-bond acceptors (Lipinski definition) is 6. The number of benzene rings is 2. The number of para-hydroxylation sites is 1. The van der Waals surface area contributed by atoms with Gasteiger partial charge in [0.05, 0.1) is 28.9 Å². The van der Waals surface area contributed by atoms with Gasteiger partial charge in [0.25, 0.3) is 11.5 Å². The molecule has 3 aromatic heterocycles. The molecule has 0 aliphatic carbocycles. The molecule has 0 bridgehead atoms. The Morgan fingerprint density at radius 3 is 2.61 bits per heavy atom. The van der Waals surface area contributed by atoms with E-state index < -0.39 is 11.9 Å². The molecule has 0 aliphatic rings. The Hall–Kier alpha value is -5.75. The molecule has 0 saturated carbocycles. The van der Waals surface area contributed by atoms with Crippen LogP contribution in [0.1, 0.15) is 45.7 Å². The van der Waals surface area contributed by atoms with E-state index in [9.17, 15) is 9.59 Å². The van der Waals surface area contributed by atoms with Gasteiger partial charge < -0.3 is 11.1 Å². The van der Waals surface area contributed by atoms with E-state index in [1.54, 1.807) is 22.4 Å². The summed E-state index contributed by atoms with van der Waals surface area (Å²) in [6, 6.07) is 16.0. The molecule has 202 valence electrons. The Kier molecular flexibility index (Phi) is 7.31. The average molecular weight is 542 g/mol. The number of aliphatic imine (C=N–C) groups is 1. The molecule has 9 nitrogen and oxygen atoms in total. The van der Waals surface area contributed by atoms with Crippen molar-refractivity contribution in [3.63, 3.8) is 0 Å². The lowest BCUT2D eigenvalue weighted by molar-refractivity contribution is 0.0940. The van der Waals surface area contributed by atoms with Gasteiger partial charge in [0.1, 0.15) is 11.4 Å². The number of amides is 1. The zero-order valence-electron chi connectivity index (χ0n) is 22.6. The van der Waals surface area contributed by atoms with Crippen LogP contribution in [0.4, 0.5) is 11.5 Å². The zero-order valence-corrected chi connectivity index (χ0v) is 22.6. The number of nitrogen functional groups attached to an aromatic ring is 1. The summed E-state index contributed by atoms with van der Waals surface area (Å²) in [5, 5.41) is 8.29. The van der Waals surface area contributed by atoms with E-state index in [2.05, 4.69) is 45.5 Å². The molecule has 5 rings (SSSR count). The van der Waals surface area contributed by atoms with E-state index in [0.717, 1.165) is 5.56 Å². The maximum Gasteiger partial charge on any atom is 0.264 e. The Morgan fingerprint density at radius 1 is 1.15 bits per heavy atom. The smallest absolute Gasteiger partial charge is 0.264 e. The third kappa shape index (κ3) is 5.14. The number of carbonyl (C=O) groups excluding carboxylic acids is 1. The van der Waals surface area contributed by atoms with Gasteiger partial charge in [-0.3, -0.25) is 23.8 Å². The Labute approximate surface area is 236 Å². The highest BCUT2D eigenvalue weighted by molar-refractivity contribution is 6.05. The van der Waals surface area contributed by atoms with E-state index in [-0.39, 0.29) is 22.6 Å². The second-order valence-electron chi connectivity index (χ2n) is 9.35. The average Bonchev–Trinajstić information content (AvgIpc) is 3.40. The summed E-state index contributed by atoms with van der Waals surface area (Å²) in [5.41, 5.74) is 9.26. The number of anilines is 1. The van der Waals surface area contributed by atoms with Crippen LogP contribution >= 0.6 is 0 Å². The number of fused-ring (bicyclic) bond motifs is 1. The fourth-order valence-electron chi connectivity index (χ4n) is 4.69. The first-order valence-corrected chi connectivity index (χ1v) is 12.8. The van der Waals surface area contributed by atoms with E-state index >= 15 is 0 Å². The molecule has 9 heteroatoms. The van der Waals surface area contributed by atoms with Crippen LogP contribution in [0.5, 0.6) is 0 Å². The molecule has 3 heterocycles. The van der Waals surface area contributed by atoms with Gasteiger partial charge in [-0.25, -0.2) is 4.98 Å². The lowest BCUT2D eigenvalue weighted by atomic mass is 10.0. The maximum absolute atomic E-state index is 14.2. The molecule has 0 aliphatic heterocycles. The summed E-state index contributed by atoms with van der Waals surface area (Å²) < 4.78 is 3.26. The van der Waals surface area contributed by atoms with Crippen LogP contribution in [0.3, 0.4) is 0 Å². The lowest BCUT2D eigenvalue weighted by Crippen LogP contribution is -2.32.